The van der Waals surface area contributed by atoms with Crippen molar-refractivity contribution < 1.29 is 14.7 Å². The average Bonchev–Trinajstić information content (AvgIpc) is 2.13. The Kier molecular flexibility index (Phi) is 6.14. The van der Waals surface area contributed by atoms with E-state index in [4.69, 9.17) is 11.5 Å². The summed E-state index contributed by atoms with van der Waals surface area (Å²) in [6.07, 6.45) is 5.00. The molecule has 0 rings (SSSR count). The summed E-state index contributed by atoms with van der Waals surface area (Å²) in [5, 5.41) is 11.3. The highest BCUT2D eigenvalue weighted by Crippen LogP contribution is 1.97. The number of carbonyl (C=O) groups is 2. The molecule has 0 saturated heterocycles. The predicted molar refractivity (Wildman–Crippen MR) is 56.2 cm³/mol. The molecule has 0 aromatic carbocycles. The van der Waals surface area contributed by atoms with Gasteiger partial charge >= 0.3 is 5.97 Å². The summed E-state index contributed by atoms with van der Waals surface area (Å²) in [7, 11) is 0. The van der Waals surface area contributed by atoms with E-state index >= 15 is 0 Å². The largest absolute Gasteiger partial charge is 0.480 e. The molecule has 0 heterocycles. The first-order valence-electron chi connectivity index (χ1n) is 4.64. The number of nitrogens with one attached hydrogen (secondary N) is 1. The number of carbonyl (C=O) groups excluding carboxylic acids is 1. The summed E-state index contributed by atoms with van der Waals surface area (Å²) in [5.41, 5.74) is 0. The van der Waals surface area contributed by atoms with Gasteiger partial charge in [0.05, 0.1) is 13.1 Å². The van der Waals surface area contributed by atoms with E-state index < -0.39 is 5.97 Å². The standard InChI is InChI=1S/C10H16N2O3/c1-4-5-11-6-9(13)12(8(2)3)7-10(14)15/h1,8,11H,5-7H2,2-3H3,(H,14,15). The molecule has 5 heteroatoms. The van der Waals surface area contributed by atoms with Crippen molar-refractivity contribution in [2.75, 3.05) is 19.6 Å². The Morgan fingerprint density at radius 3 is 2.53 bits per heavy atom. The number of carboxylic acid groups (broad SMARTS) is 1. The van der Waals surface area contributed by atoms with Crippen LogP contribution in [0.4, 0.5) is 0 Å². The van der Waals surface area contributed by atoms with Gasteiger partial charge in [0.2, 0.25) is 5.91 Å². The lowest BCUT2D eigenvalue weighted by molar-refractivity contribution is -0.145. The van der Waals surface area contributed by atoms with Crippen LogP contribution >= 0.6 is 0 Å². The van der Waals surface area contributed by atoms with Crippen molar-refractivity contribution in [3.63, 3.8) is 0 Å². The smallest absolute Gasteiger partial charge is 0.323 e. The normalized spacial score (nSPS) is 9.73. The number of terminal acetylenes is 1. The van der Waals surface area contributed by atoms with Crippen molar-refractivity contribution in [1.29, 1.82) is 0 Å². The Morgan fingerprint density at radius 2 is 2.13 bits per heavy atom. The summed E-state index contributed by atoms with van der Waals surface area (Å²) < 4.78 is 0. The fourth-order valence-corrected chi connectivity index (χ4v) is 1.05. The molecule has 15 heavy (non-hydrogen) atoms. The van der Waals surface area contributed by atoms with Gasteiger partial charge in [-0.2, -0.15) is 0 Å². The molecule has 84 valence electrons. The quantitative estimate of drug-likeness (QED) is 0.461. The van der Waals surface area contributed by atoms with Crippen molar-refractivity contribution >= 4 is 11.9 Å². The van der Waals surface area contributed by atoms with Crippen LogP contribution in [0.15, 0.2) is 0 Å². The van der Waals surface area contributed by atoms with Gasteiger partial charge in [-0.05, 0) is 13.8 Å². The average molecular weight is 212 g/mol. The molecule has 0 spiro atoms. The van der Waals surface area contributed by atoms with Crippen LogP contribution in [0, 0.1) is 12.3 Å². The highest BCUT2D eigenvalue weighted by atomic mass is 16.4. The highest BCUT2D eigenvalue weighted by molar-refractivity contribution is 5.83. The maximum absolute atomic E-state index is 11.5. The zero-order chi connectivity index (χ0) is 11.8. The summed E-state index contributed by atoms with van der Waals surface area (Å²) in [6.45, 7) is 3.61. The van der Waals surface area contributed by atoms with E-state index in [1.165, 1.54) is 4.90 Å². The minimum atomic E-state index is -1.02. The second kappa shape index (κ2) is 6.85. The number of nitrogens with zero attached hydrogens (tertiary/aromatic N) is 1. The molecule has 0 bridgehead atoms. The van der Waals surface area contributed by atoms with E-state index in [9.17, 15) is 9.59 Å². The lowest BCUT2D eigenvalue weighted by Gasteiger charge is -2.24. The van der Waals surface area contributed by atoms with Gasteiger partial charge in [0, 0.05) is 6.04 Å². The maximum atomic E-state index is 11.5. The molecule has 1 amide bonds. The monoisotopic (exact) mass is 212 g/mol. The summed E-state index contributed by atoms with van der Waals surface area (Å²) in [6, 6.07) is -0.138. The Morgan fingerprint density at radius 1 is 1.53 bits per heavy atom. The van der Waals surface area contributed by atoms with E-state index in [2.05, 4.69) is 11.2 Å². The van der Waals surface area contributed by atoms with Crippen LogP contribution in [0.3, 0.4) is 0 Å². The first-order chi connectivity index (χ1) is 6.99. The minimum Gasteiger partial charge on any atom is -0.480 e. The maximum Gasteiger partial charge on any atom is 0.323 e. The van der Waals surface area contributed by atoms with Gasteiger partial charge < -0.3 is 10.0 Å². The second-order valence-electron chi connectivity index (χ2n) is 3.32. The van der Waals surface area contributed by atoms with E-state index in [0.29, 0.717) is 6.54 Å². The van der Waals surface area contributed by atoms with Crippen LogP contribution in [0.25, 0.3) is 0 Å². The van der Waals surface area contributed by atoms with Crippen molar-refractivity contribution in [3.05, 3.63) is 0 Å². The number of rotatable bonds is 6. The number of hydrogen-bond donors (Lipinski definition) is 2. The molecule has 0 radical (unpaired) electrons. The SMILES string of the molecule is C#CCNCC(=O)N(CC(=O)O)C(C)C. The van der Waals surface area contributed by atoms with E-state index in [0.717, 1.165) is 0 Å². The molecule has 0 aliphatic carbocycles. The van der Waals surface area contributed by atoms with Crippen LogP contribution in [0.2, 0.25) is 0 Å². The first-order valence-corrected chi connectivity index (χ1v) is 4.64. The lowest BCUT2D eigenvalue weighted by atomic mass is 10.3. The van der Waals surface area contributed by atoms with Crippen LogP contribution in [-0.2, 0) is 9.59 Å². The van der Waals surface area contributed by atoms with E-state index in [1.54, 1.807) is 13.8 Å². The third-order valence-corrected chi connectivity index (χ3v) is 1.75. The van der Waals surface area contributed by atoms with Gasteiger partial charge in [0.15, 0.2) is 0 Å². The van der Waals surface area contributed by atoms with Gasteiger partial charge in [-0.3, -0.25) is 14.9 Å². The molecule has 0 aromatic rings. The zero-order valence-corrected chi connectivity index (χ0v) is 8.99. The Bertz CT molecular complexity index is 268. The number of amides is 1. The highest BCUT2D eigenvalue weighted by Gasteiger charge is 2.18. The molecular formula is C10H16N2O3. The summed E-state index contributed by atoms with van der Waals surface area (Å²) in [4.78, 5) is 23.3. The Labute approximate surface area is 89.4 Å². The molecule has 0 aliphatic heterocycles. The third-order valence-electron chi connectivity index (χ3n) is 1.75. The van der Waals surface area contributed by atoms with Crippen LogP contribution < -0.4 is 5.32 Å². The van der Waals surface area contributed by atoms with Crippen molar-refractivity contribution in [2.45, 2.75) is 19.9 Å². The third kappa shape index (κ3) is 5.70. The van der Waals surface area contributed by atoms with Gasteiger partial charge in [-0.15, -0.1) is 6.42 Å². The number of carboxylic acids is 1. The minimum absolute atomic E-state index is 0.0651. The molecule has 0 aromatic heterocycles. The molecule has 2 N–H and O–H groups in total. The van der Waals surface area contributed by atoms with Crippen molar-refractivity contribution in [1.82, 2.24) is 10.2 Å². The molecule has 0 unspecified atom stereocenters. The summed E-state index contributed by atoms with van der Waals surface area (Å²) in [5.74, 6) is 1.05. The Balaban J connectivity index is 4.18. The van der Waals surface area contributed by atoms with Crippen molar-refractivity contribution in [2.24, 2.45) is 0 Å². The Hall–Kier alpha value is -1.54. The van der Waals surface area contributed by atoms with Crippen LogP contribution in [-0.4, -0.2) is 47.6 Å². The topological polar surface area (TPSA) is 69.6 Å². The zero-order valence-electron chi connectivity index (χ0n) is 8.99. The van der Waals surface area contributed by atoms with E-state index in [1.807, 2.05) is 0 Å². The molecule has 0 saturated carbocycles. The fraction of sp³-hybridized carbons (Fsp3) is 0.600. The molecule has 0 atom stereocenters. The molecule has 5 nitrogen and oxygen atoms in total. The molecule has 0 aliphatic rings. The van der Waals surface area contributed by atoms with Crippen LogP contribution in [0.5, 0.6) is 0 Å². The van der Waals surface area contributed by atoms with Gasteiger partial charge in [-0.1, -0.05) is 5.92 Å². The molecule has 0 fully saturated rings. The van der Waals surface area contributed by atoms with Gasteiger partial charge in [0.1, 0.15) is 6.54 Å². The second-order valence-corrected chi connectivity index (χ2v) is 3.32. The van der Waals surface area contributed by atoms with E-state index in [-0.39, 0.29) is 25.0 Å². The predicted octanol–water partition coefficient (Wildman–Crippen LogP) is -0.469. The fourth-order valence-electron chi connectivity index (χ4n) is 1.05. The van der Waals surface area contributed by atoms with Gasteiger partial charge in [-0.25, -0.2) is 0 Å². The lowest BCUT2D eigenvalue weighted by Crippen LogP contribution is -2.45. The van der Waals surface area contributed by atoms with Crippen LogP contribution in [0.1, 0.15) is 13.8 Å². The first kappa shape index (κ1) is 13.5. The number of aliphatic carboxylic acids is 1. The molecular weight excluding hydrogens is 196 g/mol. The summed E-state index contributed by atoms with van der Waals surface area (Å²) >= 11 is 0. The van der Waals surface area contributed by atoms with Crippen molar-refractivity contribution in [3.8, 4) is 12.3 Å². The number of hydrogen-bond acceptors (Lipinski definition) is 3. The van der Waals surface area contributed by atoms with Gasteiger partial charge in [0.25, 0.3) is 0 Å².